The molecule has 2 aromatic carbocycles. The Morgan fingerprint density at radius 3 is 2.48 bits per heavy atom. The summed E-state index contributed by atoms with van der Waals surface area (Å²) in [6.07, 6.45) is 1.79. The second-order valence-corrected chi connectivity index (χ2v) is 4.72. The lowest BCUT2D eigenvalue weighted by atomic mass is 10.1. The van der Waals surface area contributed by atoms with Crippen LogP contribution in [-0.4, -0.2) is 30.4 Å². The van der Waals surface area contributed by atoms with Gasteiger partial charge in [-0.25, -0.2) is 0 Å². The summed E-state index contributed by atoms with van der Waals surface area (Å²) in [5, 5.41) is 12.2. The Morgan fingerprint density at radius 2 is 1.83 bits per heavy atom. The number of ether oxygens (including phenoxy) is 1. The molecule has 0 atom stereocenters. The molecule has 0 amide bonds. The highest BCUT2D eigenvalue weighted by Gasteiger charge is 2.06. The summed E-state index contributed by atoms with van der Waals surface area (Å²) in [7, 11) is 1.66. The number of aliphatic hydroxyl groups excluding tert-OH is 1. The van der Waals surface area contributed by atoms with Gasteiger partial charge in [-0.3, -0.25) is 4.98 Å². The lowest BCUT2D eigenvalue weighted by Gasteiger charge is -2.11. The van der Waals surface area contributed by atoms with Gasteiger partial charge in [-0.15, -0.1) is 0 Å². The predicted molar refractivity (Wildman–Crippen MR) is 94.2 cm³/mol. The minimum atomic E-state index is 0.0972. The van der Waals surface area contributed by atoms with Gasteiger partial charge in [0.1, 0.15) is 11.3 Å². The van der Waals surface area contributed by atoms with Crippen molar-refractivity contribution in [3.63, 3.8) is 0 Å². The molecule has 0 radical (unpaired) electrons. The molecule has 3 rings (SSSR count). The fourth-order valence-electron chi connectivity index (χ4n) is 2.10. The number of nitrogens with zero attached hydrogens (tertiary/aromatic N) is 1. The first-order chi connectivity index (χ1) is 11.3. The number of nitrogens with two attached hydrogens (primary N) is 1. The molecule has 1 aromatic heterocycles. The van der Waals surface area contributed by atoms with Gasteiger partial charge in [0.2, 0.25) is 0 Å². The van der Waals surface area contributed by atoms with Crippen LogP contribution in [0.4, 0.5) is 11.4 Å². The Morgan fingerprint density at radius 1 is 1.09 bits per heavy atom. The van der Waals surface area contributed by atoms with Crippen LogP contribution in [0.2, 0.25) is 0 Å². The number of nitrogens with one attached hydrogen (secondary N) is 1. The van der Waals surface area contributed by atoms with Gasteiger partial charge in [0.05, 0.1) is 13.7 Å². The summed E-state index contributed by atoms with van der Waals surface area (Å²) in [6, 6.07) is 18.0. The van der Waals surface area contributed by atoms with E-state index in [9.17, 15) is 0 Å². The van der Waals surface area contributed by atoms with Crippen molar-refractivity contribution >= 4 is 22.3 Å². The van der Waals surface area contributed by atoms with Gasteiger partial charge in [-0.2, -0.15) is 0 Å². The molecular formula is C18H21N3O2. The standard InChI is InChI=1S/C16H14N2O.C2H7NO/c1-19-15-9-5-8-13-14(10-11-17-16(13)15)18-12-6-3-2-4-7-12;3-1-2-4/h2-11H,1H3,(H,17,18);4H,1-3H2. The third-order valence-corrected chi connectivity index (χ3v) is 3.14. The van der Waals surface area contributed by atoms with Gasteiger partial charge in [0, 0.05) is 29.5 Å². The second-order valence-electron chi connectivity index (χ2n) is 4.72. The number of anilines is 2. The van der Waals surface area contributed by atoms with E-state index in [1.54, 1.807) is 13.3 Å². The first-order valence-electron chi connectivity index (χ1n) is 7.35. The molecule has 0 saturated carbocycles. The van der Waals surface area contributed by atoms with Crippen LogP contribution in [-0.2, 0) is 0 Å². The molecule has 0 saturated heterocycles. The van der Waals surface area contributed by atoms with Crippen molar-refractivity contribution in [1.82, 2.24) is 4.98 Å². The van der Waals surface area contributed by atoms with Crippen molar-refractivity contribution in [2.45, 2.75) is 0 Å². The topological polar surface area (TPSA) is 80.4 Å². The van der Waals surface area contributed by atoms with Crippen LogP contribution in [0.25, 0.3) is 10.9 Å². The maximum Gasteiger partial charge on any atom is 0.145 e. The maximum atomic E-state index is 7.75. The third-order valence-electron chi connectivity index (χ3n) is 3.14. The Balaban J connectivity index is 0.000000433. The number of pyridine rings is 1. The average molecular weight is 311 g/mol. The molecule has 1 heterocycles. The first-order valence-corrected chi connectivity index (χ1v) is 7.35. The van der Waals surface area contributed by atoms with E-state index in [-0.39, 0.29) is 6.61 Å². The first kappa shape index (κ1) is 16.7. The molecule has 0 bridgehead atoms. The number of benzene rings is 2. The predicted octanol–water partition coefficient (Wildman–Crippen LogP) is 2.92. The molecule has 0 aliphatic carbocycles. The molecule has 0 aliphatic heterocycles. The van der Waals surface area contributed by atoms with E-state index in [2.05, 4.69) is 10.3 Å². The van der Waals surface area contributed by atoms with E-state index >= 15 is 0 Å². The fourth-order valence-corrected chi connectivity index (χ4v) is 2.10. The lowest BCUT2D eigenvalue weighted by molar-refractivity contribution is 0.306. The van der Waals surface area contributed by atoms with E-state index < -0.39 is 0 Å². The van der Waals surface area contributed by atoms with Crippen molar-refractivity contribution in [1.29, 1.82) is 0 Å². The molecule has 4 N–H and O–H groups in total. The van der Waals surface area contributed by atoms with Crippen LogP contribution in [0, 0.1) is 0 Å². The van der Waals surface area contributed by atoms with Crippen LogP contribution in [0.1, 0.15) is 0 Å². The van der Waals surface area contributed by atoms with Gasteiger partial charge in [0.15, 0.2) is 0 Å². The summed E-state index contributed by atoms with van der Waals surface area (Å²) >= 11 is 0. The average Bonchev–Trinajstić information content (AvgIpc) is 2.62. The highest BCUT2D eigenvalue weighted by Crippen LogP contribution is 2.30. The Bertz CT molecular complexity index is 731. The number of aromatic nitrogens is 1. The van der Waals surface area contributed by atoms with Crippen molar-refractivity contribution in [2.24, 2.45) is 5.73 Å². The fraction of sp³-hybridized carbons (Fsp3) is 0.167. The van der Waals surface area contributed by atoms with E-state index in [0.29, 0.717) is 6.54 Å². The van der Waals surface area contributed by atoms with E-state index in [4.69, 9.17) is 15.6 Å². The van der Waals surface area contributed by atoms with Crippen molar-refractivity contribution in [2.75, 3.05) is 25.6 Å². The molecule has 3 aromatic rings. The van der Waals surface area contributed by atoms with Crippen molar-refractivity contribution in [3.8, 4) is 5.75 Å². The lowest BCUT2D eigenvalue weighted by Crippen LogP contribution is -2.02. The zero-order chi connectivity index (χ0) is 16.5. The number of para-hydroxylation sites is 2. The summed E-state index contributed by atoms with van der Waals surface area (Å²) in [5.74, 6) is 0.786. The van der Waals surface area contributed by atoms with Crippen molar-refractivity contribution < 1.29 is 9.84 Å². The monoisotopic (exact) mass is 311 g/mol. The number of aliphatic hydroxyl groups is 1. The minimum absolute atomic E-state index is 0.0972. The molecular weight excluding hydrogens is 290 g/mol. The maximum absolute atomic E-state index is 7.75. The summed E-state index contributed by atoms with van der Waals surface area (Å²) in [4.78, 5) is 4.39. The van der Waals surface area contributed by atoms with Gasteiger partial charge in [-0.05, 0) is 24.3 Å². The van der Waals surface area contributed by atoms with Crippen LogP contribution < -0.4 is 15.8 Å². The van der Waals surface area contributed by atoms with Gasteiger partial charge in [0.25, 0.3) is 0 Å². The van der Waals surface area contributed by atoms with Crippen molar-refractivity contribution in [3.05, 3.63) is 60.8 Å². The van der Waals surface area contributed by atoms with Crippen LogP contribution in [0.3, 0.4) is 0 Å². The number of hydrogen-bond donors (Lipinski definition) is 3. The molecule has 0 fully saturated rings. The number of hydrogen-bond acceptors (Lipinski definition) is 5. The zero-order valence-electron chi connectivity index (χ0n) is 13.1. The summed E-state index contributed by atoms with van der Waals surface area (Å²) < 4.78 is 5.34. The highest BCUT2D eigenvalue weighted by atomic mass is 16.5. The van der Waals surface area contributed by atoms with E-state index in [1.807, 2.05) is 54.6 Å². The molecule has 5 nitrogen and oxygen atoms in total. The van der Waals surface area contributed by atoms with Crippen LogP contribution in [0.15, 0.2) is 60.8 Å². The summed E-state index contributed by atoms with van der Waals surface area (Å²) in [6.45, 7) is 0.472. The normalized spacial score (nSPS) is 9.87. The Labute approximate surface area is 135 Å². The molecule has 23 heavy (non-hydrogen) atoms. The number of methoxy groups -OCH3 is 1. The largest absolute Gasteiger partial charge is 0.494 e. The molecule has 0 aliphatic rings. The molecule has 0 spiro atoms. The second kappa shape index (κ2) is 8.73. The summed E-state index contributed by atoms with van der Waals surface area (Å²) in [5.41, 5.74) is 7.72. The number of rotatable bonds is 4. The smallest absolute Gasteiger partial charge is 0.145 e. The van der Waals surface area contributed by atoms with E-state index in [1.165, 1.54) is 0 Å². The molecule has 5 heteroatoms. The SMILES string of the molecule is COc1cccc2c(Nc3ccccc3)ccnc12.NCCO. The van der Waals surface area contributed by atoms with Gasteiger partial charge >= 0.3 is 0 Å². The van der Waals surface area contributed by atoms with Gasteiger partial charge < -0.3 is 20.9 Å². The Hall–Kier alpha value is -2.63. The zero-order valence-corrected chi connectivity index (χ0v) is 13.1. The quantitative estimate of drug-likeness (QED) is 0.690. The Kier molecular flexibility index (Phi) is 6.35. The van der Waals surface area contributed by atoms with Gasteiger partial charge in [-0.1, -0.05) is 30.3 Å². The van der Waals surface area contributed by atoms with E-state index in [0.717, 1.165) is 28.0 Å². The molecule has 120 valence electrons. The molecule has 0 unspecified atom stereocenters. The third kappa shape index (κ3) is 4.42. The van der Waals surface area contributed by atoms with Crippen LogP contribution in [0.5, 0.6) is 5.75 Å². The number of fused-ring (bicyclic) bond motifs is 1. The minimum Gasteiger partial charge on any atom is -0.494 e. The van der Waals surface area contributed by atoms with Crippen LogP contribution >= 0.6 is 0 Å². The highest BCUT2D eigenvalue weighted by molar-refractivity contribution is 5.96.